The molecule has 0 aliphatic carbocycles. The van der Waals surface area contributed by atoms with E-state index in [2.05, 4.69) is 66.4 Å². The van der Waals surface area contributed by atoms with Gasteiger partial charge in [-0.1, -0.05) is 36.4 Å². The number of piperidine rings is 1. The number of rotatable bonds is 5. The molecule has 0 spiro atoms. The molecule has 0 bridgehead atoms. The lowest BCUT2D eigenvalue weighted by molar-refractivity contribution is 0.117. The minimum atomic E-state index is 0.686. The van der Waals surface area contributed by atoms with Gasteiger partial charge in [0.15, 0.2) is 0 Å². The minimum absolute atomic E-state index is 0.686. The second-order valence-corrected chi connectivity index (χ2v) is 6.39. The van der Waals surface area contributed by atoms with Crippen molar-refractivity contribution in [1.29, 1.82) is 0 Å². The summed E-state index contributed by atoms with van der Waals surface area (Å²) in [6.07, 6.45) is 2.60. The summed E-state index contributed by atoms with van der Waals surface area (Å²) in [6, 6.07) is 15.4. The van der Waals surface area contributed by atoms with Crippen LogP contribution in [-0.2, 0) is 0 Å². The first kappa shape index (κ1) is 15.3. The Morgan fingerprint density at radius 1 is 1.14 bits per heavy atom. The van der Waals surface area contributed by atoms with Crippen molar-refractivity contribution in [2.24, 2.45) is 0 Å². The monoisotopic (exact) mass is 298 g/mol. The third-order valence-corrected chi connectivity index (χ3v) is 4.63. The van der Waals surface area contributed by atoms with Gasteiger partial charge in [-0.2, -0.15) is 0 Å². The van der Waals surface area contributed by atoms with Crippen molar-refractivity contribution in [3.8, 4) is 5.75 Å². The normalized spacial score (nSPS) is 19.7. The molecule has 1 unspecified atom stereocenters. The van der Waals surface area contributed by atoms with E-state index in [9.17, 15) is 0 Å². The summed E-state index contributed by atoms with van der Waals surface area (Å²) in [6.45, 7) is 4.12. The molecule has 1 fully saturated rings. The van der Waals surface area contributed by atoms with Gasteiger partial charge in [0.1, 0.15) is 12.4 Å². The van der Waals surface area contributed by atoms with E-state index in [0.29, 0.717) is 6.04 Å². The van der Waals surface area contributed by atoms with E-state index in [1.165, 1.54) is 30.2 Å². The van der Waals surface area contributed by atoms with Gasteiger partial charge in [-0.25, -0.2) is 0 Å². The molecular weight excluding hydrogens is 272 g/mol. The van der Waals surface area contributed by atoms with E-state index >= 15 is 0 Å². The molecule has 2 aromatic carbocycles. The molecule has 1 aliphatic rings. The molecule has 1 saturated heterocycles. The zero-order valence-corrected chi connectivity index (χ0v) is 13.7. The van der Waals surface area contributed by atoms with Crippen LogP contribution in [0, 0.1) is 0 Å². The summed E-state index contributed by atoms with van der Waals surface area (Å²) in [4.78, 5) is 4.87. The van der Waals surface area contributed by atoms with Gasteiger partial charge >= 0.3 is 0 Å². The van der Waals surface area contributed by atoms with Gasteiger partial charge in [0, 0.05) is 24.5 Å². The van der Waals surface area contributed by atoms with Crippen molar-refractivity contribution >= 4 is 10.8 Å². The summed E-state index contributed by atoms with van der Waals surface area (Å²) < 4.78 is 6.06. The first-order chi connectivity index (χ1) is 10.7. The Balaban J connectivity index is 1.56. The third kappa shape index (κ3) is 3.60. The van der Waals surface area contributed by atoms with E-state index in [4.69, 9.17) is 4.74 Å². The molecule has 0 radical (unpaired) electrons. The standard InChI is InChI=1S/C19H26N2O/c1-20(2)17-9-6-12-21(15-17)13-14-22-19-11-5-8-16-7-3-4-10-18(16)19/h3-5,7-8,10-11,17H,6,9,12-15H2,1-2H3. The smallest absolute Gasteiger partial charge is 0.127 e. The molecule has 22 heavy (non-hydrogen) atoms. The van der Waals surface area contributed by atoms with Crippen molar-refractivity contribution in [3.05, 3.63) is 42.5 Å². The lowest BCUT2D eigenvalue weighted by atomic mass is 10.1. The van der Waals surface area contributed by atoms with Crippen molar-refractivity contribution in [2.75, 3.05) is 40.3 Å². The van der Waals surface area contributed by atoms with Crippen molar-refractivity contribution in [3.63, 3.8) is 0 Å². The van der Waals surface area contributed by atoms with E-state index in [1.54, 1.807) is 0 Å². The molecule has 1 atom stereocenters. The van der Waals surface area contributed by atoms with Gasteiger partial charge < -0.3 is 9.64 Å². The van der Waals surface area contributed by atoms with E-state index in [-0.39, 0.29) is 0 Å². The van der Waals surface area contributed by atoms with Crippen LogP contribution in [0.2, 0.25) is 0 Å². The summed E-state index contributed by atoms with van der Waals surface area (Å²) in [5.41, 5.74) is 0. The highest BCUT2D eigenvalue weighted by Gasteiger charge is 2.20. The fourth-order valence-electron chi connectivity index (χ4n) is 3.26. The number of likely N-dealkylation sites (N-methyl/N-ethyl adjacent to an activating group) is 1. The molecule has 0 N–H and O–H groups in total. The Hall–Kier alpha value is -1.58. The highest BCUT2D eigenvalue weighted by Crippen LogP contribution is 2.25. The van der Waals surface area contributed by atoms with Crippen LogP contribution in [0.4, 0.5) is 0 Å². The molecule has 3 nitrogen and oxygen atoms in total. The second kappa shape index (κ2) is 7.12. The Kier molecular flexibility index (Phi) is 4.96. The molecule has 3 rings (SSSR count). The molecule has 0 amide bonds. The predicted octanol–water partition coefficient (Wildman–Crippen LogP) is 3.24. The zero-order chi connectivity index (χ0) is 15.4. The number of likely N-dealkylation sites (tertiary alicyclic amines) is 1. The maximum absolute atomic E-state index is 6.06. The number of hydrogen-bond donors (Lipinski definition) is 0. The maximum Gasteiger partial charge on any atom is 0.127 e. The Labute approximate surface area is 133 Å². The second-order valence-electron chi connectivity index (χ2n) is 6.39. The number of nitrogens with zero attached hydrogens (tertiary/aromatic N) is 2. The van der Waals surface area contributed by atoms with Gasteiger partial charge in [-0.3, -0.25) is 4.90 Å². The first-order valence-corrected chi connectivity index (χ1v) is 8.23. The van der Waals surface area contributed by atoms with Crippen LogP contribution >= 0.6 is 0 Å². The molecule has 1 heterocycles. The summed E-state index contributed by atoms with van der Waals surface area (Å²) in [7, 11) is 4.36. The maximum atomic E-state index is 6.06. The number of ether oxygens (including phenoxy) is 1. The number of benzene rings is 2. The number of hydrogen-bond acceptors (Lipinski definition) is 3. The largest absolute Gasteiger partial charge is 0.492 e. The first-order valence-electron chi connectivity index (χ1n) is 8.23. The molecule has 3 heteroatoms. The highest BCUT2D eigenvalue weighted by molar-refractivity contribution is 5.88. The van der Waals surface area contributed by atoms with Crippen molar-refractivity contribution in [2.45, 2.75) is 18.9 Å². The van der Waals surface area contributed by atoms with Gasteiger partial charge in [-0.15, -0.1) is 0 Å². The fraction of sp³-hybridized carbons (Fsp3) is 0.474. The third-order valence-electron chi connectivity index (χ3n) is 4.63. The molecule has 1 aliphatic heterocycles. The minimum Gasteiger partial charge on any atom is -0.492 e. The van der Waals surface area contributed by atoms with Gasteiger partial charge in [0.25, 0.3) is 0 Å². The van der Waals surface area contributed by atoms with E-state index < -0.39 is 0 Å². The van der Waals surface area contributed by atoms with Crippen LogP contribution < -0.4 is 4.74 Å². The molecule has 0 saturated carbocycles. The Bertz CT molecular complexity index is 606. The average molecular weight is 298 g/mol. The lowest BCUT2D eigenvalue weighted by Gasteiger charge is -2.36. The van der Waals surface area contributed by atoms with Gasteiger partial charge in [0.2, 0.25) is 0 Å². The van der Waals surface area contributed by atoms with Gasteiger partial charge in [0.05, 0.1) is 0 Å². The van der Waals surface area contributed by atoms with Crippen LogP contribution in [0.5, 0.6) is 5.75 Å². The van der Waals surface area contributed by atoms with Gasteiger partial charge in [-0.05, 0) is 44.9 Å². The summed E-state index contributed by atoms with van der Waals surface area (Å²) in [5, 5.41) is 2.44. The van der Waals surface area contributed by atoms with E-state index in [1.807, 2.05) is 0 Å². The Morgan fingerprint density at radius 3 is 2.82 bits per heavy atom. The average Bonchev–Trinajstić information content (AvgIpc) is 2.55. The van der Waals surface area contributed by atoms with Crippen LogP contribution in [0.15, 0.2) is 42.5 Å². The van der Waals surface area contributed by atoms with Crippen LogP contribution in [-0.4, -0.2) is 56.2 Å². The van der Waals surface area contributed by atoms with Crippen LogP contribution in [0.1, 0.15) is 12.8 Å². The predicted molar refractivity (Wildman–Crippen MR) is 92.6 cm³/mol. The van der Waals surface area contributed by atoms with Crippen molar-refractivity contribution < 1.29 is 4.74 Å². The molecule has 2 aromatic rings. The van der Waals surface area contributed by atoms with Crippen molar-refractivity contribution in [1.82, 2.24) is 9.80 Å². The van der Waals surface area contributed by atoms with E-state index in [0.717, 1.165) is 25.4 Å². The SMILES string of the molecule is CN(C)C1CCCN(CCOc2cccc3ccccc23)C1. The Morgan fingerprint density at radius 2 is 1.95 bits per heavy atom. The number of fused-ring (bicyclic) bond motifs is 1. The zero-order valence-electron chi connectivity index (χ0n) is 13.7. The van der Waals surface area contributed by atoms with Crippen LogP contribution in [0.25, 0.3) is 10.8 Å². The lowest BCUT2D eigenvalue weighted by Crippen LogP contribution is -2.46. The molecule has 0 aromatic heterocycles. The molecular formula is C19H26N2O. The topological polar surface area (TPSA) is 15.7 Å². The molecule has 118 valence electrons. The summed E-state index contributed by atoms with van der Waals surface area (Å²) >= 11 is 0. The van der Waals surface area contributed by atoms with Crippen LogP contribution in [0.3, 0.4) is 0 Å². The summed E-state index contributed by atoms with van der Waals surface area (Å²) in [5.74, 6) is 0.999. The fourth-order valence-corrected chi connectivity index (χ4v) is 3.26. The highest BCUT2D eigenvalue weighted by atomic mass is 16.5. The quantitative estimate of drug-likeness (QED) is 0.843.